The first-order valence-electron chi connectivity index (χ1n) is 6.30. The van der Waals surface area contributed by atoms with Crippen molar-refractivity contribution in [2.45, 2.75) is 0 Å². The van der Waals surface area contributed by atoms with E-state index in [1.54, 1.807) is 10.6 Å². The molecule has 100 valence electrons. The minimum Gasteiger partial charge on any atom is -0.476 e. The molecule has 3 heterocycles. The van der Waals surface area contributed by atoms with E-state index in [4.69, 9.17) is 0 Å². The molecule has 1 fully saturated rings. The number of likely N-dealkylation sites (N-methyl/N-ethyl adjacent to an activating group) is 1. The van der Waals surface area contributed by atoms with Gasteiger partial charge in [-0.3, -0.25) is 4.40 Å². The summed E-state index contributed by atoms with van der Waals surface area (Å²) in [4.78, 5) is 20.3. The third-order valence-electron chi connectivity index (χ3n) is 3.52. The third-order valence-corrected chi connectivity index (χ3v) is 3.52. The van der Waals surface area contributed by atoms with Crippen molar-refractivity contribution in [2.24, 2.45) is 0 Å². The molecule has 2 aromatic rings. The Morgan fingerprint density at radius 1 is 1.26 bits per heavy atom. The summed E-state index contributed by atoms with van der Waals surface area (Å²) in [6.45, 7) is 3.46. The molecule has 0 spiro atoms. The van der Waals surface area contributed by atoms with Crippen LogP contribution in [0, 0.1) is 0 Å². The summed E-state index contributed by atoms with van der Waals surface area (Å²) in [5.41, 5.74) is 0.925. The van der Waals surface area contributed by atoms with Crippen molar-refractivity contribution in [3.8, 4) is 0 Å². The van der Waals surface area contributed by atoms with Crippen molar-refractivity contribution >= 4 is 17.4 Å². The predicted octanol–water partition coefficient (Wildman–Crippen LogP) is 0.784. The molecule has 1 N–H and O–H groups in total. The molecule has 0 bridgehead atoms. The number of aromatic carboxylic acids is 1. The number of rotatable bonds is 2. The van der Waals surface area contributed by atoms with E-state index in [0.29, 0.717) is 11.5 Å². The number of anilines is 1. The van der Waals surface area contributed by atoms with Crippen LogP contribution >= 0.6 is 0 Å². The molecule has 0 aromatic carbocycles. The van der Waals surface area contributed by atoms with Crippen LogP contribution in [-0.2, 0) is 0 Å². The van der Waals surface area contributed by atoms with Crippen molar-refractivity contribution in [2.75, 3.05) is 38.1 Å². The molecule has 0 radical (unpaired) electrons. The van der Waals surface area contributed by atoms with Crippen LogP contribution in [-0.4, -0.2) is 58.6 Å². The molecule has 0 amide bonds. The summed E-state index contributed by atoms with van der Waals surface area (Å²) >= 11 is 0. The maximum Gasteiger partial charge on any atom is 0.356 e. The molecule has 1 saturated heterocycles. The second-order valence-electron chi connectivity index (χ2n) is 4.81. The van der Waals surface area contributed by atoms with Crippen LogP contribution in [0.1, 0.15) is 10.5 Å². The van der Waals surface area contributed by atoms with Crippen molar-refractivity contribution in [1.29, 1.82) is 0 Å². The van der Waals surface area contributed by atoms with Gasteiger partial charge in [-0.05, 0) is 19.2 Å². The number of aromatic nitrogens is 2. The molecule has 3 rings (SSSR count). The number of carbonyl (C=O) groups is 1. The Morgan fingerprint density at radius 2 is 2.00 bits per heavy atom. The first-order chi connectivity index (χ1) is 9.16. The monoisotopic (exact) mass is 260 g/mol. The summed E-state index contributed by atoms with van der Waals surface area (Å²) in [7, 11) is 2.07. The van der Waals surface area contributed by atoms with E-state index in [1.165, 1.54) is 0 Å². The Balaban J connectivity index is 2.07. The van der Waals surface area contributed by atoms with E-state index in [-0.39, 0.29) is 5.69 Å². The lowest BCUT2D eigenvalue weighted by Gasteiger charge is -2.32. The van der Waals surface area contributed by atoms with Crippen LogP contribution in [0.4, 0.5) is 5.82 Å². The molecule has 19 heavy (non-hydrogen) atoms. The number of pyridine rings is 1. The van der Waals surface area contributed by atoms with Crippen molar-refractivity contribution < 1.29 is 9.90 Å². The molecule has 0 aliphatic carbocycles. The van der Waals surface area contributed by atoms with Gasteiger partial charge in [0, 0.05) is 32.4 Å². The normalized spacial score (nSPS) is 17.0. The smallest absolute Gasteiger partial charge is 0.356 e. The Morgan fingerprint density at radius 3 is 2.68 bits per heavy atom. The highest BCUT2D eigenvalue weighted by Gasteiger charge is 2.25. The Labute approximate surface area is 110 Å². The first kappa shape index (κ1) is 12.0. The van der Waals surface area contributed by atoms with E-state index >= 15 is 0 Å². The molecule has 6 heteroatoms. The van der Waals surface area contributed by atoms with Gasteiger partial charge in [-0.15, -0.1) is 0 Å². The van der Waals surface area contributed by atoms with Gasteiger partial charge in [-0.2, -0.15) is 0 Å². The maximum absolute atomic E-state index is 11.5. The average Bonchev–Trinajstić information content (AvgIpc) is 2.78. The average molecular weight is 260 g/mol. The lowest BCUT2D eigenvalue weighted by molar-refractivity contribution is 0.0690. The number of carboxylic acids is 1. The van der Waals surface area contributed by atoms with Gasteiger partial charge in [0.2, 0.25) is 0 Å². The fourth-order valence-corrected chi connectivity index (χ4v) is 2.42. The molecule has 6 nitrogen and oxygen atoms in total. The Hall–Kier alpha value is -2.08. The SMILES string of the molecule is CN1CCN(c2nc3ccccn3c2C(=O)O)CC1. The maximum atomic E-state index is 11.5. The van der Waals surface area contributed by atoms with Gasteiger partial charge < -0.3 is 14.9 Å². The number of piperazine rings is 1. The van der Waals surface area contributed by atoms with E-state index in [1.807, 2.05) is 18.2 Å². The van der Waals surface area contributed by atoms with E-state index < -0.39 is 5.97 Å². The summed E-state index contributed by atoms with van der Waals surface area (Å²) in [6.07, 6.45) is 1.74. The van der Waals surface area contributed by atoms with E-state index in [2.05, 4.69) is 21.8 Å². The number of fused-ring (bicyclic) bond motifs is 1. The fraction of sp³-hybridized carbons (Fsp3) is 0.385. The zero-order valence-corrected chi connectivity index (χ0v) is 10.8. The molecule has 0 atom stereocenters. The second kappa shape index (κ2) is 4.55. The quantitative estimate of drug-likeness (QED) is 0.864. The number of hydrogen-bond acceptors (Lipinski definition) is 4. The lowest BCUT2D eigenvalue weighted by Crippen LogP contribution is -2.45. The van der Waals surface area contributed by atoms with E-state index in [9.17, 15) is 9.90 Å². The summed E-state index contributed by atoms with van der Waals surface area (Å²) in [5, 5.41) is 9.44. The molecule has 2 aromatic heterocycles. The zero-order valence-electron chi connectivity index (χ0n) is 10.8. The molecular formula is C13H16N4O2. The Bertz CT molecular complexity index is 614. The number of imidazole rings is 1. The van der Waals surface area contributed by atoms with Crippen LogP contribution in [0.5, 0.6) is 0 Å². The first-order valence-corrected chi connectivity index (χ1v) is 6.30. The van der Waals surface area contributed by atoms with Gasteiger partial charge >= 0.3 is 5.97 Å². The number of carboxylic acid groups (broad SMARTS) is 1. The van der Waals surface area contributed by atoms with Crippen LogP contribution < -0.4 is 4.90 Å². The van der Waals surface area contributed by atoms with Gasteiger partial charge in [0.25, 0.3) is 0 Å². The van der Waals surface area contributed by atoms with Crippen molar-refractivity contribution in [1.82, 2.24) is 14.3 Å². The van der Waals surface area contributed by atoms with Crippen LogP contribution in [0.3, 0.4) is 0 Å². The predicted molar refractivity (Wildman–Crippen MR) is 71.9 cm³/mol. The van der Waals surface area contributed by atoms with Gasteiger partial charge in [0.05, 0.1) is 0 Å². The van der Waals surface area contributed by atoms with Gasteiger partial charge in [0.1, 0.15) is 5.65 Å². The zero-order chi connectivity index (χ0) is 13.4. The standard InChI is InChI=1S/C13H16N4O2/c1-15-6-8-16(9-7-15)12-11(13(18)19)17-5-3-2-4-10(17)14-12/h2-5H,6-9H2,1H3,(H,18,19). The van der Waals surface area contributed by atoms with Crippen LogP contribution in [0.2, 0.25) is 0 Å². The molecular weight excluding hydrogens is 244 g/mol. The summed E-state index contributed by atoms with van der Waals surface area (Å²) in [5.74, 6) is -0.362. The lowest BCUT2D eigenvalue weighted by atomic mass is 10.3. The highest BCUT2D eigenvalue weighted by Crippen LogP contribution is 2.22. The highest BCUT2D eigenvalue weighted by molar-refractivity contribution is 5.93. The van der Waals surface area contributed by atoms with Gasteiger partial charge in [-0.25, -0.2) is 9.78 Å². The highest BCUT2D eigenvalue weighted by atomic mass is 16.4. The second-order valence-corrected chi connectivity index (χ2v) is 4.81. The van der Waals surface area contributed by atoms with Crippen LogP contribution in [0.15, 0.2) is 24.4 Å². The topological polar surface area (TPSA) is 61.1 Å². The minimum atomic E-state index is -0.937. The summed E-state index contributed by atoms with van der Waals surface area (Å²) < 4.78 is 1.63. The van der Waals surface area contributed by atoms with Crippen molar-refractivity contribution in [3.05, 3.63) is 30.1 Å². The molecule has 1 aliphatic rings. The largest absolute Gasteiger partial charge is 0.476 e. The van der Waals surface area contributed by atoms with Crippen molar-refractivity contribution in [3.63, 3.8) is 0 Å². The van der Waals surface area contributed by atoms with E-state index in [0.717, 1.165) is 26.2 Å². The third kappa shape index (κ3) is 2.04. The molecule has 0 saturated carbocycles. The Kier molecular flexibility index (Phi) is 2.87. The fourth-order valence-electron chi connectivity index (χ4n) is 2.42. The molecule has 1 aliphatic heterocycles. The van der Waals surface area contributed by atoms with Gasteiger partial charge in [-0.1, -0.05) is 6.07 Å². The summed E-state index contributed by atoms with van der Waals surface area (Å²) in [6, 6.07) is 5.50. The molecule has 0 unspecified atom stereocenters. The van der Waals surface area contributed by atoms with Crippen LogP contribution in [0.25, 0.3) is 5.65 Å². The number of hydrogen-bond donors (Lipinski definition) is 1. The minimum absolute atomic E-state index is 0.250. The van der Waals surface area contributed by atoms with Gasteiger partial charge in [0.15, 0.2) is 11.5 Å². The number of nitrogens with zero attached hydrogens (tertiary/aromatic N) is 4.